The van der Waals surface area contributed by atoms with E-state index in [1.165, 1.54) is 0 Å². The van der Waals surface area contributed by atoms with Gasteiger partial charge in [-0.25, -0.2) is 4.68 Å². The Hall–Kier alpha value is -1.85. The molecule has 1 heterocycles. The van der Waals surface area contributed by atoms with E-state index in [2.05, 4.69) is 15.7 Å². The van der Waals surface area contributed by atoms with Crippen LogP contribution in [0.1, 0.15) is 45.0 Å². The molecular weight excluding hydrogens is 324 g/mol. The van der Waals surface area contributed by atoms with Gasteiger partial charge in [0.2, 0.25) is 5.91 Å². The molecule has 1 atom stereocenters. The number of rotatable bonds is 5. The number of anilines is 1. The second kappa shape index (κ2) is 7.36. The Morgan fingerprint density at radius 1 is 1.33 bits per heavy atom. The van der Waals surface area contributed by atoms with Crippen molar-refractivity contribution in [1.82, 2.24) is 15.1 Å². The lowest BCUT2D eigenvalue weighted by atomic mass is 10.1. The van der Waals surface area contributed by atoms with Crippen LogP contribution in [0, 0.1) is 6.92 Å². The molecule has 0 fully saturated rings. The van der Waals surface area contributed by atoms with Crippen molar-refractivity contribution in [2.45, 2.75) is 46.2 Å². The summed E-state index contributed by atoms with van der Waals surface area (Å²) in [6.45, 7) is 10.2. The molecule has 5 nitrogen and oxygen atoms in total. The number of aromatic nitrogens is 2. The molecule has 0 bridgehead atoms. The first kappa shape index (κ1) is 18.5. The fourth-order valence-corrected chi connectivity index (χ4v) is 2.77. The predicted octanol–water partition coefficient (Wildman–Crippen LogP) is 3.89. The van der Waals surface area contributed by atoms with Crippen molar-refractivity contribution >= 4 is 23.3 Å². The number of nitrogens with one attached hydrogen (secondary N) is 2. The minimum atomic E-state index is -0.199. The summed E-state index contributed by atoms with van der Waals surface area (Å²) >= 11 is 6.19. The van der Waals surface area contributed by atoms with Crippen LogP contribution in [0.3, 0.4) is 0 Å². The Kier molecular flexibility index (Phi) is 5.67. The highest BCUT2D eigenvalue weighted by Crippen LogP contribution is 2.23. The molecule has 130 valence electrons. The van der Waals surface area contributed by atoms with Crippen LogP contribution in [-0.2, 0) is 10.3 Å². The van der Waals surface area contributed by atoms with E-state index >= 15 is 0 Å². The SMILES string of the molecule is Cc1cc(NC(=O)CNC(C)c2ccccc2Cl)n(C(C)(C)C)n1. The fraction of sp³-hybridized carbons (Fsp3) is 0.444. The quantitative estimate of drug-likeness (QED) is 0.861. The van der Waals surface area contributed by atoms with Crippen LogP contribution in [0.25, 0.3) is 0 Å². The Balaban J connectivity index is 1.98. The van der Waals surface area contributed by atoms with Gasteiger partial charge in [0.05, 0.1) is 17.8 Å². The van der Waals surface area contributed by atoms with Crippen LogP contribution in [-0.4, -0.2) is 22.2 Å². The molecule has 1 unspecified atom stereocenters. The molecule has 2 rings (SSSR count). The molecule has 1 aromatic carbocycles. The molecule has 1 amide bonds. The van der Waals surface area contributed by atoms with Crippen molar-refractivity contribution in [1.29, 1.82) is 0 Å². The van der Waals surface area contributed by atoms with Crippen molar-refractivity contribution in [2.24, 2.45) is 0 Å². The van der Waals surface area contributed by atoms with Gasteiger partial charge in [-0.3, -0.25) is 4.79 Å². The highest BCUT2D eigenvalue weighted by atomic mass is 35.5. The van der Waals surface area contributed by atoms with Crippen molar-refractivity contribution in [3.63, 3.8) is 0 Å². The highest BCUT2D eigenvalue weighted by Gasteiger charge is 2.20. The second-order valence-electron chi connectivity index (χ2n) is 6.93. The van der Waals surface area contributed by atoms with Gasteiger partial charge < -0.3 is 10.6 Å². The zero-order valence-electron chi connectivity index (χ0n) is 14.9. The molecule has 2 aromatic rings. The van der Waals surface area contributed by atoms with Crippen LogP contribution in [0.5, 0.6) is 0 Å². The van der Waals surface area contributed by atoms with Gasteiger partial charge in [0.1, 0.15) is 5.82 Å². The molecule has 0 radical (unpaired) electrons. The van der Waals surface area contributed by atoms with Gasteiger partial charge in [0.15, 0.2) is 0 Å². The second-order valence-corrected chi connectivity index (χ2v) is 7.33. The van der Waals surface area contributed by atoms with E-state index in [0.717, 1.165) is 11.3 Å². The molecule has 24 heavy (non-hydrogen) atoms. The number of carbonyl (C=O) groups is 1. The lowest BCUT2D eigenvalue weighted by Gasteiger charge is -2.22. The minimum absolute atomic E-state index is 0.0151. The summed E-state index contributed by atoms with van der Waals surface area (Å²) in [6.07, 6.45) is 0. The topological polar surface area (TPSA) is 59.0 Å². The first-order valence-electron chi connectivity index (χ1n) is 8.03. The Bertz CT molecular complexity index is 718. The van der Waals surface area contributed by atoms with Gasteiger partial charge in [0.25, 0.3) is 0 Å². The lowest BCUT2D eigenvalue weighted by molar-refractivity contribution is -0.115. The average molecular weight is 349 g/mol. The molecule has 0 aliphatic rings. The molecule has 0 saturated carbocycles. The number of benzene rings is 1. The smallest absolute Gasteiger partial charge is 0.239 e. The normalized spacial score (nSPS) is 12.9. The molecule has 2 N–H and O–H groups in total. The lowest BCUT2D eigenvalue weighted by Crippen LogP contribution is -2.32. The molecule has 0 aliphatic heterocycles. The van der Waals surface area contributed by atoms with E-state index in [-0.39, 0.29) is 24.0 Å². The number of aryl methyl sites for hydroxylation is 1. The maximum atomic E-state index is 12.3. The van der Waals surface area contributed by atoms with E-state index in [4.69, 9.17) is 11.6 Å². The molecule has 0 spiro atoms. The Morgan fingerprint density at radius 2 is 2.00 bits per heavy atom. The van der Waals surface area contributed by atoms with Crippen LogP contribution < -0.4 is 10.6 Å². The van der Waals surface area contributed by atoms with Crippen molar-refractivity contribution < 1.29 is 4.79 Å². The van der Waals surface area contributed by atoms with Gasteiger partial charge in [-0.15, -0.1) is 0 Å². The first-order chi connectivity index (χ1) is 11.2. The molecule has 0 saturated heterocycles. The first-order valence-corrected chi connectivity index (χ1v) is 8.41. The largest absolute Gasteiger partial charge is 0.310 e. The Morgan fingerprint density at radius 3 is 2.62 bits per heavy atom. The zero-order chi connectivity index (χ0) is 17.9. The van der Waals surface area contributed by atoms with Gasteiger partial charge in [0, 0.05) is 17.1 Å². The third-order valence-electron chi connectivity index (χ3n) is 3.67. The summed E-state index contributed by atoms with van der Waals surface area (Å²) in [4.78, 5) is 12.3. The number of nitrogens with zero attached hydrogens (tertiary/aromatic N) is 2. The third kappa shape index (κ3) is 4.58. The van der Waals surface area contributed by atoms with E-state index in [0.29, 0.717) is 10.8 Å². The van der Waals surface area contributed by atoms with Crippen LogP contribution in [0.15, 0.2) is 30.3 Å². The van der Waals surface area contributed by atoms with Gasteiger partial charge >= 0.3 is 0 Å². The highest BCUT2D eigenvalue weighted by molar-refractivity contribution is 6.31. The van der Waals surface area contributed by atoms with Gasteiger partial charge in [-0.1, -0.05) is 29.8 Å². The summed E-state index contributed by atoms with van der Waals surface area (Å²) in [5.41, 5.74) is 1.65. The predicted molar refractivity (Wildman–Crippen MR) is 98.5 cm³/mol. The maximum Gasteiger partial charge on any atom is 0.239 e. The summed E-state index contributed by atoms with van der Waals surface area (Å²) in [5, 5.41) is 11.3. The average Bonchev–Trinajstić information content (AvgIpc) is 2.86. The number of halogens is 1. The number of hydrogen-bond donors (Lipinski definition) is 2. The number of amides is 1. The van der Waals surface area contributed by atoms with Crippen LogP contribution in [0.2, 0.25) is 5.02 Å². The molecule has 6 heteroatoms. The van der Waals surface area contributed by atoms with Crippen LogP contribution >= 0.6 is 11.6 Å². The number of carbonyl (C=O) groups excluding carboxylic acids is 1. The van der Waals surface area contributed by atoms with E-state index < -0.39 is 0 Å². The van der Waals surface area contributed by atoms with E-state index in [1.54, 1.807) is 0 Å². The van der Waals surface area contributed by atoms with Crippen molar-refractivity contribution in [3.05, 3.63) is 46.6 Å². The minimum Gasteiger partial charge on any atom is -0.310 e. The Labute approximate surface area is 148 Å². The van der Waals surface area contributed by atoms with E-state index in [1.807, 2.05) is 69.6 Å². The van der Waals surface area contributed by atoms with E-state index in [9.17, 15) is 4.79 Å². The summed E-state index contributed by atoms with van der Waals surface area (Å²) in [5.74, 6) is 0.594. The van der Waals surface area contributed by atoms with Gasteiger partial charge in [-0.2, -0.15) is 5.10 Å². The van der Waals surface area contributed by atoms with Gasteiger partial charge in [-0.05, 0) is 46.2 Å². The summed E-state index contributed by atoms with van der Waals surface area (Å²) in [6, 6.07) is 9.49. The maximum absolute atomic E-state index is 12.3. The summed E-state index contributed by atoms with van der Waals surface area (Å²) in [7, 11) is 0. The monoisotopic (exact) mass is 348 g/mol. The fourth-order valence-electron chi connectivity index (χ4n) is 2.47. The summed E-state index contributed by atoms with van der Waals surface area (Å²) < 4.78 is 1.83. The molecular formula is C18H25ClN4O. The van der Waals surface area contributed by atoms with Crippen molar-refractivity contribution in [3.8, 4) is 0 Å². The van der Waals surface area contributed by atoms with Crippen molar-refractivity contribution in [2.75, 3.05) is 11.9 Å². The third-order valence-corrected chi connectivity index (χ3v) is 4.02. The zero-order valence-corrected chi connectivity index (χ0v) is 15.6. The number of hydrogen-bond acceptors (Lipinski definition) is 3. The van der Waals surface area contributed by atoms with Crippen LogP contribution in [0.4, 0.5) is 5.82 Å². The molecule has 0 aliphatic carbocycles. The molecule has 1 aromatic heterocycles. The standard InChI is InChI=1S/C18H25ClN4O/c1-12-10-16(23(22-12)18(3,4)5)21-17(24)11-20-13(2)14-8-6-7-9-15(14)19/h6-10,13,20H,11H2,1-5H3,(H,21,24).